The maximum Gasteiger partial charge on any atom is 0.252 e. The second-order valence-corrected chi connectivity index (χ2v) is 8.71. The van der Waals surface area contributed by atoms with Crippen LogP contribution in [0.5, 0.6) is 5.75 Å². The molecule has 2 amide bonds. The molecule has 2 aromatic rings. The summed E-state index contributed by atoms with van der Waals surface area (Å²) in [6.45, 7) is 1.69. The first-order valence-electron chi connectivity index (χ1n) is 10.5. The van der Waals surface area contributed by atoms with Gasteiger partial charge in [0.25, 0.3) is 5.91 Å². The van der Waals surface area contributed by atoms with Gasteiger partial charge < -0.3 is 15.0 Å². The molecule has 0 aliphatic carbocycles. The van der Waals surface area contributed by atoms with Crippen LogP contribution in [0.4, 0.5) is 4.39 Å². The lowest BCUT2D eigenvalue weighted by Gasteiger charge is -2.35. The molecule has 2 aliphatic heterocycles. The van der Waals surface area contributed by atoms with Gasteiger partial charge in [0, 0.05) is 39.3 Å². The molecule has 1 N–H and O–H groups in total. The number of carbonyl (C=O) groups is 2. The Morgan fingerprint density at radius 2 is 2.00 bits per heavy atom. The SMILES string of the molecule is COc1ccc2c(c1)C(=O)N[C@@]1(CC2)CN(Cc2ccc(F)cc2)C[C@@H]1C(=O)N(C)C. The quantitative estimate of drug-likeness (QED) is 0.818. The van der Waals surface area contributed by atoms with Crippen molar-refractivity contribution in [3.63, 3.8) is 0 Å². The van der Waals surface area contributed by atoms with Crippen LogP contribution >= 0.6 is 0 Å². The summed E-state index contributed by atoms with van der Waals surface area (Å²) in [5.41, 5.74) is 1.88. The molecular weight excluding hydrogens is 397 g/mol. The highest BCUT2D eigenvalue weighted by Gasteiger charge is 2.52. The van der Waals surface area contributed by atoms with Crippen molar-refractivity contribution in [2.24, 2.45) is 5.92 Å². The number of nitrogens with one attached hydrogen (secondary N) is 1. The van der Waals surface area contributed by atoms with E-state index in [0.29, 0.717) is 43.8 Å². The fourth-order valence-electron chi connectivity index (χ4n) is 4.81. The molecule has 0 aromatic heterocycles. The van der Waals surface area contributed by atoms with E-state index in [1.54, 1.807) is 44.3 Å². The van der Waals surface area contributed by atoms with Crippen LogP contribution in [0.2, 0.25) is 0 Å². The molecule has 0 unspecified atom stereocenters. The largest absolute Gasteiger partial charge is 0.497 e. The number of methoxy groups -OCH3 is 1. The predicted octanol–water partition coefficient (Wildman–Crippen LogP) is 2.47. The van der Waals surface area contributed by atoms with Crippen LogP contribution in [0.25, 0.3) is 0 Å². The Morgan fingerprint density at radius 3 is 2.68 bits per heavy atom. The van der Waals surface area contributed by atoms with Gasteiger partial charge in [0.1, 0.15) is 11.6 Å². The molecule has 31 heavy (non-hydrogen) atoms. The molecule has 2 heterocycles. The van der Waals surface area contributed by atoms with Crippen LogP contribution in [-0.2, 0) is 17.8 Å². The Kier molecular flexibility index (Phi) is 5.71. The topological polar surface area (TPSA) is 61.9 Å². The van der Waals surface area contributed by atoms with Crippen molar-refractivity contribution in [3.8, 4) is 5.75 Å². The predicted molar refractivity (Wildman–Crippen MR) is 115 cm³/mol. The number of halogens is 1. The molecule has 0 radical (unpaired) electrons. The van der Waals surface area contributed by atoms with Crippen molar-refractivity contribution in [2.45, 2.75) is 24.9 Å². The highest BCUT2D eigenvalue weighted by atomic mass is 19.1. The van der Waals surface area contributed by atoms with Crippen LogP contribution in [0.3, 0.4) is 0 Å². The number of rotatable bonds is 4. The summed E-state index contributed by atoms with van der Waals surface area (Å²) >= 11 is 0. The summed E-state index contributed by atoms with van der Waals surface area (Å²) in [5.74, 6) is -0.165. The normalized spacial score (nSPS) is 23.2. The van der Waals surface area contributed by atoms with Gasteiger partial charge in [-0.05, 0) is 48.2 Å². The molecule has 7 heteroatoms. The maximum absolute atomic E-state index is 13.3. The highest BCUT2D eigenvalue weighted by Crippen LogP contribution is 2.37. The second kappa shape index (κ2) is 8.30. The van der Waals surface area contributed by atoms with Gasteiger partial charge in [-0.1, -0.05) is 18.2 Å². The molecule has 4 rings (SSSR count). The van der Waals surface area contributed by atoms with Gasteiger partial charge in [0.15, 0.2) is 0 Å². The van der Waals surface area contributed by atoms with Gasteiger partial charge in [-0.2, -0.15) is 0 Å². The Hall–Kier alpha value is -2.93. The minimum Gasteiger partial charge on any atom is -0.497 e. The maximum atomic E-state index is 13.3. The molecule has 0 bridgehead atoms. The number of carbonyl (C=O) groups excluding carboxylic acids is 2. The molecule has 6 nitrogen and oxygen atoms in total. The van der Waals surface area contributed by atoms with Crippen molar-refractivity contribution in [2.75, 3.05) is 34.3 Å². The van der Waals surface area contributed by atoms with Crippen molar-refractivity contribution >= 4 is 11.8 Å². The van der Waals surface area contributed by atoms with Gasteiger partial charge in [0.2, 0.25) is 5.91 Å². The Balaban J connectivity index is 1.64. The van der Waals surface area contributed by atoms with E-state index in [9.17, 15) is 14.0 Å². The molecule has 1 fully saturated rings. The molecule has 1 saturated heterocycles. The third-order valence-electron chi connectivity index (χ3n) is 6.44. The number of likely N-dealkylation sites (tertiary alicyclic amines) is 1. The van der Waals surface area contributed by atoms with E-state index in [4.69, 9.17) is 4.74 Å². The summed E-state index contributed by atoms with van der Waals surface area (Å²) in [4.78, 5) is 30.1. The van der Waals surface area contributed by atoms with Gasteiger partial charge in [-0.3, -0.25) is 14.5 Å². The average Bonchev–Trinajstić information content (AvgIpc) is 3.03. The monoisotopic (exact) mass is 425 g/mol. The lowest BCUT2D eigenvalue weighted by Crippen LogP contribution is -2.57. The lowest BCUT2D eigenvalue weighted by molar-refractivity contribution is -0.134. The Labute approximate surface area is 182 Å². The molecular formula is C24H28FN3O3. The first-order valence-corrected chi connectivity index (χ1v) is 10.5. The van der Waals surface area contributed by atoms with Crippen molar-refractivity contribution in [1.82, 2.24) is 15.1 Å². The summed E-state index contributed by atoms with van der Waals surface area (Å²) < 4.78 is 18.6. The number of hydrogen-bond donors (Lipinski definition) is 1. The van der Waals surface area contributed by atoms with E-state index >= 15 is 0 Å². The number of amides is 2. The van der Waals surface area contributed by atoms with Gasteiger partial charge in [-0.15, -0.1) is 0 Å². The van der Waals surface area contributed by atoms with Gasteiger partial charge in [-0.25, -0.2) is 4.39 Å². The molecule has 2 aromatic carbocycles. The van der Waals surface area contributed by atoms with Crippen LogP contribution in [0.15, 0.2) is 42.5 Å². The summed E-state index contributed by atoms with van der Waals surface area (Å²) in [6.07, 6.45) is 1.36. The first-order chi connectivity index (χ1) is 14.8. The van der Waals surface area contributed by atoms with Crippen LogP contribution in [-0.4, -0.2) is 61.4 Å². The fourth-order valence-corrected chi connectivity index (χ4v) is 4.81. The number of fused-ring (bicyclic) bond motifs is 1. The van der Waals surface area contributed by atoms with Crippen molar-refractivity contribution < 1.29 is 18.7 Å². The Bertz CT molecular complexity index is 992. The summed E-state index contributed by atoms with van der Waals surface area (Å²) in [6, 6.07) is 12.0. The molecule has 164 valence electrons. The summed E-state index contributed by atoms with van der Waals surface area (Å²) in [5, 5.41) is 3.23. The van der Waals surface area contributed by atoms with E-state index in [0.717, 1.165) is 11.1 Å². The van der Waals surface area contributed by atoms with E-state index < -0.39 is 5.54 Å². The van der Waals surface area contributed by atoms with Crippen molar-refractivity contribution in [1.29, 1.82) is 0 Å². The zero-order valence-corrected chi connectivity index (χ0v) is 18.2. The lowest BCUT2D eigenvalue weighted by atomic mass is 9.81. The minimum absolute atomic E-state index is 0.00504. The van der Waals surface area contributed by atoms with Crippen LogP contribution in [0, 0.1) is 11.7 Å². The molecule has 0 saturated carbocycles. The number of benzene rings is 2. The smallest absolute Gasteiger partial charge is 0.252 e. The number of nitrogens with zero attached hydrogens (tertiary/aromatic N) is 2. The third kappa shape index (κ3) is 4.14. The zero-order valence-electron chi connectivity index (χ0n) is 18.2. The second-order valence-electron chi connectivity index (χ2n) is 8.71. The molecule has 2 aliphatic rings. The van der Waals surface area contributed by atoms with E-state index in [1.807, 2.05) is 12.1 Å². The molecule has 2 atom stereocenters. The van der Waals surface area contributed by atoms with E-state index in [-0.39, 0.29) is 23.5 Å². The third-order valence-corrected chi connectivity index (χ3v) is 6.44. The molecule has 1 spiro atoms. The standard InChI is InChI=1S/C24H28FN3O3/c1-27(2)23(30)21-14-28(13-16-4-7-18(25)8-5-16)15-24(21)11-10-17-6-9-19(31-3)12-20(17)22(29)26-24/h4-9,12,21H,10-11,13-15H2,1-3H3,(H,26,29)/t21-,24+/m1/s1. The number of aryl methyl sites for hydroxylation is 1. The van der Waals surface area contributed by atoms with Gasteiger partial charge >= 0.3 is 0 Å². The van der Waals surface area contributed by atoms with Crippen LogP contribution in [0.1, 0.15) is 27.9 Å². The highest BCUT2D eigenvalue weighted by molar-refractivity contribution is 5.97. The number of hydrogen-bond acceptors (Lipinski definition) is 4. The van der Waals surface area contributed by atoms with Gasteiger partial charge in [0.05, 0.1) is 18.6 Å². The number of ether oxygens (including phenoxy) is 1. The zero-order chi connectivity index (χ0) is 22.2. The fraction of sp³-hybridized carbons (Fsp3) is 0.417. The summed E-state index contributed by atoms with van der Waals surface area (Å²) in [7, 11) is 5.07. The minimum atomic E-state index is -0.662. The van der Waals surface area contributed by atoms with E-state index in [1.165, 1.54) is 12.1 Å². The first kappa shape index (κ1) is 21.3. The Morgan fingerprint density at radius 1 is 1.26 bits per heavy atom. The van der Waals surface area contributed by atoms with Crippen LogP contribution < -0.4 is 10.1 Å². The average molecular weight is 426 g/mol. The van der Waals surface area contributed by atoms with Crippen molar-refractivity contribution in [3.05, 3.63) is 65.0 Å². The van der Waals surface area contributed by atoms with E-state index in [2.05, 4.69) is 10.2 Å².